The van der Waals surface area contributed by atoms with E-state index in [1.54, 1.807) is 31.4 Å². The molecule has 0 fully saturated rings. The maximum atomic E-state index is 13.1. The topological polar surface area (TPSA) is 117 Å². The van der Waals surface area contributed by atoms with E-state index in [0.29, 0.717) is 35.0 Å². The van der Waals surface area contributed by atoms with Crippen molar-refractivity contribution in [1.82, 2.24) is 0 Å². The van der Waals surface area contributed by atoms with Crippen molar-refractivity contribution in [3.05, 3.63) is 94.1 Å². The fourth-order valence-electron chi connectivity index (χ4n) is 4.82. The highest BCUT2D eigenvalue weighted by Gasteiger charge is 2.32. The molecule has 1 unspecified atom stereocenters. The molecule has 1 aliphatic rings. The van der Waals surface area contributed by atoms with Gasteiger partial charge in [0.25, 0.3) is 0 Å². The number of nitrogens with zero attached hydrogens (tertiary/aromatic N) is 1. The minimum absolute atomic E-state index is 0.0221. The van der Waals surface area contributed by atoms with Crippen molar-refractivity contribution in [2.24, 2.45) is 5.73 Å². The molecule has 5 rings (SSSR count). The molecule has 0 spiro atoms. The Bertz CT molecular complexity index is 1660. The molecule has 198 valence electrons. The predicted octanol–water partition coefficient (Wildman–Crippen LogP) is 6.15. The summed E-state index contributed by atoms with van der Waals surface area (Å²) in [5.41, 5.74) is 10.4. The van der Waals surface area contributed by atoms with Crippen molar-refractivity contribution < 1.29 is 28.2 Å². The van der Waals surface area contributed by atoms with Crippen LogP contribution in [0.3, 0.4) is 0 Å². The molecule has 4 aromatic rings. The van der Waals surface area contributed by atoms with Crippen LogP contribution in [0.4, 0.5) is 0 Å². The Morgan fingerprint density at radius 2 is 1.90 bits per heavy atom. The number of aryl methyl sites for hydroxylation is 2. The standard InChI is InChI=1S/C31H28N2O6/c1-5-18-7-11-24-22(13-18)17(3)29(38-24)31(34)37-20-9-10-21-26(15-20)39-30(33)23(16-32)28(21)19-8-12-25(36-6-2)27(14-19)35-4/h7-15,28H,5-6,33H2,1-4H3. The first-order valence-corrected chi connectivity index (χ1v) is 12.6. The van der Waals surface area contributed by atoms with Crippen LogP contribution in [0.5, 0.6) is 23.0 Å². The molecular formula is C31H28N2O6. The summed E-state index contributed by atoms with van der Waals surface area (Å²) in [5, 5.41) is 10.8. The van der Waals surface area contributed by atoms with Crippen molar-refractivity contribution in [1.29, 1.82) is 5.26 Å². The van der Waals surface area contributed by atoms with Crippen LogP contribution in [0.15, 0.2) is 70.5 Å². The molecule has 8 heteroatoms. The number of furan rings is 1. The van der Waals surface area contributed by atoms with Crippen LogP contribution in [0, 0.1) is 18.3 Å². The number of nitrogens with two attached hydrogens (primary N) is 1. The van der Waals surface area contributed by atoms with Crippen LogP contribution in [-0.2, 0) is 6.42 Å². The second-order valence-corrected chi connectivity index (χ2v) is 9.10. The lowest BCUT2D eigenvalue weighted by Crippen LogP contribution is -2.21. The Morgan fingerprint density at radius 1 is 1.08 bits per heavy atom. The normalized spacial score (nSPS) is 14.4. The van der Waals surface area contributed by atoms with Gasteiger partial charge in [0.15, 0.2) is 11.5 Å². The molecule has 0 amide bonds. The molecule has 0 saturated carbocycles. The van der Waals surface area contributed by atoms with Crippen LogP contribution < -0.4 is 24.7 Å². The Labute approximate surface area is 226 Å². The second kappa shape index (κ2) is 10.5. The monoisotopic (exact) mass is 524 g/mol. The average molecular weight is 525 g/mol. The molecule has 2 N–H and O–H groups in total. The first-order chi connectivity index (χ1) is 18.9. The molecule has 0 radical (unpaired) electrons. The van der Waals surface area contributed by atoms with Gasteiger partial charge in [-0.3, -0.25) is 0 Å². The molecule has 1 aromatic heterocycles. The minimum Gasteiger partial charge on any atom is -0.493 e. The third-order valence-electron chi connectivity index (χ3n) is 6.82. The molecule has 1 atom stereocenters. The first kappa shape index (κ1) is 25.7. The molecule has 1 aliphatic heterocycles. The lowest BCUT2D eigenvalue weighted by molar-refractivity contribution is 0.0702. The number of nitriles is 1. The highest BCUT2D eigenvalue weighted by atomic mass is 16.5. The number of carbonyl (C=O) groups excluding carboxylic acids is 1. The summed E-state index contributed by atoms with van der Waals surface area (Å²) in [6.45, 7) is 6.28. The number of esters is 1. The Hall–Kier alpha value is -4.90. The summed E-state index contributed by atoms with van der Waals surface area (Å²) in [4.78, 5) is 13.1. The van der Waals surface area contributed by atoms with Gasteiger partial charge in [-0.05, 0) is 61.7 Å². The zero-order valence-electron chi connectivity index (χ0n) is 22.2. The number of fused-ring (bicyclic) bond motifs is 2. The van der Waals surface area contributed by atoms with Gasteiger partial charge in [0, 0.05) is 22.6 Å². The molecule has 8 nitrogen and oxygen atoms in total. The Balaban J connectivity index is 1.48. The first-order valence-electron chi connectivity index (χ1n) is 12.6. The van der Waals surface area contributed by atoms with Gasteiger partial charge in [-0.1, -0.05) is 25.1 Å². The van der Waals surface area contributed by atoms with Gasteiger partial charge >= 0.3 is 5.97 Å². The maximum absolute atomic E-state index is 13.1. The summed E-state index contributed by atoms with van der Waals surface area (Å²) in [5.74, 6) is 0.753. The summed E-state index contributed by atoms with van der Waals surface area (Å²) in [6, 6.07) is 18.5. The smallest absolute Gasteiger partial charge is 0.379 e. The van der Waals surface area contributed by atoms with E-state index in [4.69, 9.17) is 29.1 Å². The van der Waals surface area contributed by atoms with Crippen molar-refractivity contribution in [2.75, 3.05) is 13.7 Å². The molecule has 2 heterocycles. The van der Waals surface area contributed by atoms with Crippen molar-refractivity contribution in [2.45, 2.75) is 33.1 Å². The molecule has 0 bridgehead atoms. The van der Waals surface area contributed by atoms with E-state index in [1.165, 1.54) is 0 Å². The highest BCUT2D eigenvalue weighted by molar-refractivity contribution is 5.97. The van der Waals surface area contributed by atoms with Crippen LogP contribution >= 0.6 is 0 Å². The van der Waals surface area contributed by atoms with Crippen molar-refractivity contribution in [3.63, 3.8) is 0 Å². The number of ether oxygens (including phenoxy) is 4. The molecule has 39 heavy (non-hydrogen) atoms. The Kier molecular flexibility index (Phi) is 6.90. The van der Waals surface area contributed by atoms with Gasteiger partial charge in [-0.25, -0.2) is 4.79 Å². The van der Waals surface area contributed by atoms with Crippen LogP contribution in [0.1, 0.15) is 52.6 Å². The lowest BCUT2D eigenvalue weighted by Gasteiger charge is -2.27. The van der Waals surface area contributed by atoms with Crippen molar-refractivity contribution in [3.8, 4) is 29.1 Å². The zero-order chi connectivity index (χ0) is 27.7. The Morgan fingerprint density at radius 3 is 2.62 bits per heavy atom. The van der Waals surface area contributed by atoms with E-state index in [9.17, 15) is 10.1 Å². The second-order valence-electron chi connectivity index (χ2n) is 9.10. The zero-order valence-corrected chi connectivity index (χ0v) is 22.2. The molecular weight excluding hydrogens is 496 g/mol. The number of benzene rings is 3. The third-order valence-corrected chi connectivity index (χ3v) is 6.82. The van der Waals surface area contributed by atoms with E-state index in [-0.39, 0.29) is 23.0 Å². The van der Waals surface area contributed by atoms with E-state index in [0.717, 1.165) is 28.5 Å². The third kappa shape index (κ3) is 4.64. The molecule has 0 aliphatic carbocycles. The number of methoxy groups -OCH3 is 1. The molecule has 0 saturated heterocycles. The summed E-state index contributed by atoms with van der Waals surface area (Å²) >= 11 is 0. The van der Waals surface area contributed by atoms with Gasteiger partial charge in [-0.15, -0.1) is 0 Å². The van der Waals surface area contributed by atoms with Crippen LogP contribution in [0.2, 0.25) is 0 Å². The van der Waals surface area contributed by atoms with E-state index in [2.05, 4.69) is 13.0 Å². The summed E-state index contributed by atoms with van der Waals surface area (Å²) in [7, 11) is 1.56. The number of allylic oxidation sites excluding steroid dienone is 1. The van der Waals surface area contributed by atoms with Crippen LogP contribution in [-0.4, -0.2) is 19.7 Å². The number of carbonyl (C=O) groups is 1. The highest BCUT2D eigenvalue weighted by Crippen LogP contribution is 2.45. The summed E-state index contributed by atoms with van der Waals surface area (Å²) < 4.78 is 28.4. The van der Waals surface area contributed by atoms with E-state index in [1.807, 2.05) is 44.2 Å². The fraction of sp³-hybridized carbons (Fsp3) is 0.226. The van der Waals surface area contributed by atoms with Gasteiger partial charge in [0.05, 0.1) is 19.6 Å². The minimum atomic E-state index is -0.619. The predicted molar refractivity (Wildman–Crippen MR) is 145 cm³/mol. The number of hydrogen-bond donors (Lipinski definition) is 1. The van der Waals surface area contributed by atoms with E-state index < -0.39 is 11.9 Å². The number of rotatable bonds is 7. The lowest BCUT2D eigenvalue weighted by atomic mass is 9.83. The van der Waals surface area contributed by atoms with E-state index >= 15 is 0 Å². The fourth-order valence-corrected chi connectivity index (χ4v) is 4.82. The van der Waals surface area contributed by atoms with Crippen LogP contribution in [0.25, 0.3) is 11.0 Å². The number of hydrogen-bond acceptors (Lipinski definition) is 8. The van der Waals surface area contributed by atoms with Crippen molar-refractivity contribution >= 4 is 16.9 Å². The SMILES string of the molecule is CCOc1ccc(C2C(C#N)=C(N)Oc3cc(OC(=O)c4oc5ccc(CC)cc5c4C)ccc32)cc1OC. The van der Waals surface area contributed by atoms with Gasteiger partial charge in [0.1, 0.15) is 28.7 Å². The average Bonchev–Trinajstić information content (AvgIpc) is 3.28. The van der Waals surface area contributed by atoms with Gasteiger partial charge < -0.3 is 29.1 Å². The largest absolute Gasteiger partial charge is 0.493 e. The summed E-state index contributed by atoms with van der Waals surface area (Å²) in [6.07, 6.45) is 0.880. The van der Waals surface area contributed by atoms with Gasteiger partial charge in [0.2, 0.25) is 11.6 Å². The molecule has 3 aromatic carbocycles. The quantitative estimate of drug-likeness (QED) is 0.226. The maximum Gasteiger partial charge on any atom is 0.379 e. The van der Waals surface area contributed by atoms with Gasteiger partial charge in [-0.2, -0.15) is 5.26 Å².